The molecule has 88 valence electrons. The van der Waals surface area contributed by atoms with Gasteiger partial charge in [0.15, 0.2) is 0 Å². The second kappa shape index (κ2) is 5.92. The van der Waals surface area contributed by atoms with Crippen LogP contribution in [0.4, 0.5) is 11.4 Å². The number of benzene rings is 1. The number of nitro groups is 1. The molecular weight excluding hydrogens is 212 g/mol. The molecule has 16 heavy (non-hydrogen) atoms. The van der Waals surface area contributed by atoms with Crippen molar-refractivity contribution in [3.05, 3.63) is 28.3 Å². The molecule has 0 fully saturated rings. The van der Waals surface area contributed by atoms with Crippen LogP contribution >= 0.6 is 0 Å². The molecule has 2 N–H and O–H groups in total. The third-order valence-corrected chi connectivity index (χ3v) is 1.90. The Balaban J connectivity index is 2.56. The average molecular weight is 226 g/mol. The summed E-state index contributed by atoms with van der Waals surface area (Å²) in [6, 6.07) is 4.27. The summed E-state index contributed by atoms with van der Waals surface area (Å²) < 4.78 is 10.4. The summed E-state index contributed by atoms with van der Waals surface area (Å²) in [7, 11) is 0. The molecule has 0 unspecified atom stereocenters. The fourth-order valence-corrected chi connectivity index (χ4v) is 1.15. The van der Waals surface area contributed by atoms with Gasteiger partial charge < -0.3 is 15.2 Å². The number of hydrogen-bond acceptors (Lipinski definition) is 5. The SMILES string of the molecule is CCOCCOc1ccc([N+](=O)[O-])c(N)c1. The standard InChI is InChI=1S/C10H14N2O4/c1-2-15-5-6-16-8-3-4-10(12(13)14)9(11)7-8/h3-4,7H,2,5-6,11H2,1H3. The van der Waals surface area contributed by atoms with Gasteiger partial charge in [-0.05, 0) is 13.0 Å². The normalized spacial score (nSPS) is 10.1. The van der Waals surface area contributed by atoms with Crippen molar-refractivity contribution in [1.82, 2.24) is 0 Å². The van der Waals surface area contributed by atoms with Gasteiger partial charge in [0, 0.05) is 18.7 Å². The van der Waals surface area contributed by atoms with E-state index in [-0.39, 0.29) is 11.4 Å². The maximum absolute atomic E-state index is 10.5. The van der Waals surface area contributed by atoms with Crippen LogP contribution in [0, 0.1) is 10.1 Å². The number of anilines is 1. The Hall–Kier alpha value is -1.82. The molecule has 0 amide bonds. The molecule has 0 radical (unpaired) electrons. The monoisotopic (exact) mass is 226 g/mol. The minimum Gasteiger partial charge on any atom is -0.491 e. The Morgan fingerprint density at radius 2 is 2.19 bits per heavy atom. The number of ether oxygens (including phenoxy) is 2. The van der Waals surface area contributed by atoms with E-state index in [0.29, 0.717) is 25.6 Å². The van der Waals surface area contributed by atoms with Gasteiger partial charge in [-0.1, -0.05) is 0 Å². The van der Waals surface area contributed by atoms with Gasteiger partial charge in [-0.15, -0.1) is 0 Å². The van der Waals surface area contributed by atoms with E-state index in [4.69, 9.17) is 15.2 Å². The zero-order valence-corrected chi connectivity index (χ0v) is 9.01. The van der Waals surface area contributed by atoms with Crippen LogP contribution in [-0.4, -0.2) is 24.7 Å². The summed E-state index contributed by atoms with van der Waals surface area (Å²) in [5.74, 6) is 0.503. The Bertz CT molecular complexity index is 368. The molecule has 0 saturated carbocycles. The number of rotatable bonds is 6. The Kier molecular flexibility index (Phi) is 4.53. The van der Waals surface area contributed by atoms with Gasteiger partial charge in [-0.2, -0.15) is 0 Å². The van der Waals surface area contributed by atoms with E-state index in [1.807, 2.05) is 6.92 Å². The maximum Gasteiger partial charge on any atom is 0.292 e. The quantitative estimate of drug-likeness (QED) is 0.344. The van der Waals surface area contributed by atoms with Crippen LogP contribution in [-0.2, 0) is 4.74 Å². The van der Waals surface area contributed by atoms with E-state index >= 15 is 0 Å². The van der Waals surface area contributed by atoms with E-state index in [1.165, 1.54) is 18.2 Å². The Morgan fingerprint density at radius 3 is 2.75 bits per heavy atom. The molecule has 6 nitrogen and oxygen atoms in total. The van der Waals surface area contributed by atoms with Crippen molar-refractivity contribution in [3.8, 4) is 5.75 Å². The molecule has 1 aromatic rings. The summed E-state index contributed by atoms with van der Waals surface area (Å²) in [5.41, 5.74) is 5.48. The highest BCUT2D eigenvalue weighted by atomic mass is 16.6. The fraction of sp³-hybridized carbons (Fsp3) is 0.400. The number of hydrogen-bond donors (Lipinski definition) is 1. The van der Waals surface area contributed by atoms with Crippen LogP contribution in [0.2, 0.25) is 0 Å². The molecule has 0 bridgehead atoms. The zero-order valence-electron chi connectivity index (χ0n) is 9.01. The van der Waals surface area contributed by atoms with E-state index in [9.17, 15) is 10.1 Å². The molecule has 0 atom stereocenters. The smallest absolute Gasteiger partial charge is 0.292 e. The molecule has 0 heterocycles. The molecule has 1 rings (SSSR count). The molecule has 0 saturated heterocycles. The highest BCUT2D eigenvalue weighted by molar-refractivity contribution is 5.60. The Morgan fingerprint density at radius 1 is 1.44 bits per heavy atom. The van der Waals surface area contributed by atoms with Gasteiger partial charge >= 0.3 is 0 Å². The molecule has 1 aromatic carbocycles. The average Bonchev–Trinajstić information content (AvgIpc) is 2.24. The third-order valence-electron chi connectivity index (χ3n) is 1.90. The van der Waals surface area contributed by atoms with Crippen molar-refractivity contribution in [2.45, 2.75) is 6.92 Å². The molecule has 0 spiro atoms. The van der Waals surface area contributed by atoms with Crippen LogP contribution in [0.25, 0.3) is 0 Å². The van der Waals surface area contributed by atoms with Gasteiger partial charge in [-0.25, -0.2) is 0 Å². The molecule has 0 aromatic heterocycles. The fourth-order valence-electron chi connectivity index (χ4n) is 1.15. The van der Waals surface area contributed by atoms with E-state index in [0.717, 1.165) is 0 Å². The predicted molar refractivity (Wildman–Crippen MR) is 59.5 cm³/mol. The van der Waals surface area contributed by atoms with Gasteiger partial charge in [0.25, 0.3) is 5.69 Å². The lowest BCUT2D eigenvalue weighted by molar-refractivity contribution is -0.383. The lowest BCUT2D eigenvalue weighted by Crippen LogP contribution is -2.06. The lowest BCUT2D eigenvalue weighted by atomic mass is 10.2. The topological polar surface area (TPSA) is 87.6 Å². The van der Waals surface area contributed by atoms with Gasteiger partial charge in [0.05, 0.1) is 11.5 Å². The van der Waals surface area contributed by atoms with Crippen molar-refractivity contribution in [2.24, 2.45) is 0 Å². The van der Waals surface area contributed by atoms with Crippen LogP contribution in [0.1, 0.15) is 6.92 Å². The van der Waals surface area contributed by atoms with Crippen LogP contribution in [0.15, 0.2) is 18.2 Å². The zero-order chi connectivity index (χ0) is 12.0. The molecule has 0 aliphatic heterocycles. The van der Waals surface area contributed by atoms with Gasteiger partial charge in [-0.3, -0.25) is 10.1 Å². The van der Waals surface area contributed by atoms with Gasteiger partial charge in [0.2, 0.25) is 0 Å². The number of nitrogens with two attached hydrogens (primary N) is 1. The van der Waals surface area contributed by atoms with Crippen molar-refractivity contribution in [1.29, 1.82) is 0 Å². The largest absolute Gasteiger partial charge is 0.491 e. The molecule has 0 aliphatic carbocycles. The van der Waals surface area contributed by atoms with Crippen LogP contribution in [0.3, 0.4) is 0 Å². The molecule has 0 aliphatic rings. The summed E-state index contributed by atoms with van der Waals surface area (Å²) in [5, 5.41) is 10.5. The summed E-state index contributed by atoms with van der Waals surface area (Å²) in [6.07, 6.45) is 0. The second-order valence-corrected chi connectivity index (χ2v) is 3.02. The van der Waals surface area contributed by atoms with Crippen molar-refractivity contribution >= 4 is 11.4 Å². The minimum absolute atomic E-state index is 0.0962. The first kappa shape index (κ1) is 12.3. The van der Waals surface area contributed by atoms with Crippen molar-refractivity contribution in [2.75, 3.05) is 25.6 Å². The Labute approximate surface area is 93.1 Å². The third kappa shape index (κ3) is 3.39. The number of nitro benzene ring substituents is 1. The highest BCUT2D eigenvalue weighted by Gasteiger charge is 2.11. The molecule has 6 heteroatoms. The van der Waals surface area contributed by atoms with Crippen LogP contribution in [0.5, 0.6) is 5.75 Å². The van der Waals surface area contributed by atoms with Crippen molar-refractivity contribution < 1.29 is 14.4 Å². The minimum atomic E-state index is -0.528. The van der Waals surface area contributed by atoms with Crippen LogP contribution < -0.4 is 10.5 Å². The summed E-state index contributed by atoms with van der Waals surface area (Å²) in [4.78, 5) is 9.97. The first-order valence-corrected chi connectivity index (χ1v) is 4.89. The second-order valence-electron chi connectivity index (χ2n) is 3.02. The highest BCUT2D eigenvalue weighted by Crippen LogP contribution is 2.25. The summed E-state index contributed by atoms with van der Waals surface area (Å²) in [6.45, 7) is 3.40. The first-order valence-electron chi connectivity index (χ1n) is 4.89. The van der Waals surface area contributed by atoms with E-state index in [1.54, 1.807) is 0 Å². The summed E-state index contributed by atoms with van der Waals surface area (Å²) >= 11 is 0. The van der Waals surface area contributed by atoms with E-state index in [2.05, 4.69) is 0 Å². The van der Waals surface area contributed by atoms with Crippen molar-refractivity contribution in [3.63, 3.8) is 0 Å². The van der Waals surface area contributed by atoms with Gasteiger partial charge in [0.1, 0.15) is 18.0 Å². The number of nitrogen functional groups attached to an aromatic ring is 1. The first-order chi connectivity index (χ1) is 7.65. The predicted octanol–water partition coefficient (Wildman–Crippen LogP) is 1.59. The maximum atomic E-state index is 10.5. The lowest BCUT2D eigenvalue weighted by Gasteiger charge is -2.06. The van der Waals surface area contributed by atoms with E-state index < -0.39 is 4.92 Å². The number of nitrogens with zero attached hydrogens (tertiary/aromatic N) is 1. The molecular formula is C10H14N2O4.